The number of amides is 1. The summed E-state index contributed by atoms with van der Waals surface area (Å²) >= 11 is 0. The van der Waals surface area contributed by atoms with Crippen LogP contribution in [0.5, 0.6) is 0 Å². The van der Waals surface area contributed by atoms with E-state index in [-0.39, 0.29) is 36.0 Å². The molecule has 7 nitrogen and oxygen atoms in total. The molecule has 4 rings (SSSR count). The Hall–Kier alpha value is -3.11. The van der Waals surface area contributed by atoms with Crippen LogP contribution in [0.15, 0.2) is 40.8 Å². The molecule has 1 aliphatic heterocycles. The highest BCUT2D eigenvalue weighted by atomic mass is 19.4. The molecule has 1 aliphatic rings. The van der Waals surface area contributed by atoms with E-state index < -0.39 is 24.2 Å². The van der Waals surface area contributed by atoms with Crippen molar-refractivity contribution in [2.45, 2.75) is 38.5 Å². The van der Waals surface area contributed by atoms with Crippen molar-refractivity contribution in [2.24, 2.45) is 5.92 Å². The highest BCUT2D eigenvalue weighted by molar-refractivity contribution is 6.07. The third-order valence-electron chi connectivity index (χ3n) is 6.00. The van der Waals surface area contributed by atoms with Gasteiger partial charge in [0.1, 0.15) is 29.9 Å². The molecule has 0 bridgehead atoms. The third-order valence-corrected chi connectivity index (χ3v) is 6.00. The molecule has 1 N–H and O–H groups in total. The maximum Gasteiger partial charge on any atom is 0.407 e. The first kappa shape index (κ1) is 25.0. The van der Waals surface area contributed by atoms with Crippen LogP contribution in [0.2, 0.25) is 0 Å². The molecule has 3 aromatic rings. The van der Waals surface area contributed by atoms with E-state index in [1.165, 1.54) is 12.1 Å². The van der Waals surface area contributed by atoms with Crippen molar-refractivity contribution < 1.29 is 36.7 Å². The Labute approximate surface area is 200 Å². The highest BCUT2D eigenvalue weighted by Crippen LogP contribution is 2.38. The Morgan fingerprint density at radius 2 is 1.91 bits per heavy atom. The number of nitrogens with zero attached hydrogens (tertiary/aromatic N) is 1. The fourth-order valence-electron chi connectivity index (χ4n) is 4.35. The second-order valence-corrected chi connectivity index (χ2v) is 8.98. The minimum Gasteiger partial charge on any atom is -0.468 e. The Kier molecular flexibility index (Phi) is 7.05. The predicted molar refractivity (Wildman–Crippen MR) is 124 cm³/mol. The molecular weight excluding hydrogens is 465 g/mol. The zero-order valence-corrected chi connectivity index (χ0v) is 19.6. The van der Waals surface area contributed by atoms with Crippen molar-refractivity contribution in [3.8, 4) is 0 Å². The summed E-state index contributed by atoms with van der Waals surface area (Å²) in [5.74, 6) is -0.930. The predicted octanol–water partition coefficient (Wildman–Crippen LogP) is 4.73. The Morgan fingerprint density at radius 1 is 1.14 bits per heavy atom. The number of hydrogen-bond donors (Lipinski definition) is 1. The van der Waals surface area contributed by atoms with E-state index in [1.54, 1.807) is 29.2 Å². The van der Waals surface area contributed by atoms with E-state index in [1.807, 2.05) is 13.8 Å². The van der Waals surface area contributed by atoms with Crippen LogP contribution in [0.3, 0.4) is 0 Å². The summed E-state index contributed by atoms with van der Waals surface area (Å²) in [6.07, 6.45) is -4.47. The largest absolute Gasteiger partial charge is 0.468 e. The van der Waals surface area contributed by atoms with Gasteiger partial charge in [0.05, 0.1) is 13.7 Å². The second kappa shape index (κ2) is 9.87. The fourth-order valence-corrected chi connectivity index (χ4v) is 4.35. The summed E-state index contributed by atoms with van der Waals surface area (Å²) in [7, 11) is 1.15. The van der Waals surface area contributed by atoms with Gasteiger partial charge in [-0.25, -0.2) is 0 Å². The van der Waals surface area contributed by atoms with Gasteiger partial charge in [-0.15, -0.1) is 0 Å². The lowest BCUT2D eigenvalue weighted by Gasteiger charge is -2.27. The van der Waals surface area contributed by atoms with Crippen molar-refractivity contribution in [2.75, 3.05) is 31.8 Å². The van der Waals surface area contributed by atoms with Crippen LogP contribution in [0, 0.1) is 5.92 Å². The summed E-state index contributed by atoms with van der Waals surface area (Å²) in [5.41, 5.74) is 1.36. The summed E-state index contributed by atoms with van der Waals surface area (Å²) in [4.78, 5) is 26.0. The molecule has 0 radical (unpaired) electrons. The Bertz CT molecular complexity index is 1240. The lowest BCUT2D eigenvalue weighted by Crippen LogP contribution is -2.45. The van der Waals surface area contributed by atoms with Gasteiger partial charge in [0, 0.05) is 23.0 Å². The number of halogens is 3. The van der Waals surface area contributed by atoms with E-state index in [0.717, 1.165) is 7.11 Å². The van der Waals surface area contributed by atoms with E-state index >= 15 is 0 Å². The molecule has 35 heavy (non-hydrogen) atoms. The first-order chi connectivity index (χ1) is 16.6. The van der Waals surface area contributed by atoms with Gasteiger partial charge in [-0.05, 0) is 42.2 Å². The van der Waals surface area contributed by atoms with E-state index in [0.29, 0.717) is 35.2 Å². The zero-order chi connectivity index (χ0) is 25.3. The number of anilines is 1. The monoisotopic (exact) mass is 492 g/mol. The van der Waals surface area contributed by atoms with Crippen LogP contribution in [0.4, 0.5) is 18.9 Å². The summed E-state index contributed by atoms with van der Waals surface area (Å²) in [5, 5.41) is 3.76. The van der Waals surface area contributed by atoms with Crippen LogP contribution in [-0.4, -0.2) is 51.0 Å². The molecule has 2 heterocycles. The topological polar surface area (TPSA) is 81.0 Å². The Balaban J connectivity index is 1.71. The number of morpholine rings is 1. The number of alkyl halides is 3. The number of methoxy groups -OCH3 is 1. The second-order valence-electron chi connectivity index (χ2n) is 8.98. The fraction of sp³-hybridized carbons (Fsp3) is 0.440. The van der Waals surface area contributed by atoms with Crippen molar-refractivity contribution in [1.29, 1.82) is 0 Å². The number of benzene rings is 2. The molecule has 0 saturated carbocycles. The maximum absolute atomic E-state index is 14.1. The molecule has 0 spiro atoms. The lowest BCUT2D eigenvalue weighted by molar-refractivity contribution is -0.164. The standard InChI is InChI=1S/C25H27F3N2O5/c1-14(2)10-19(24(32)33-3)29-23(25(26,27)28)15-4-6-17-18-12-16(30-8-9-34-13-22(30)31)5-7-20(18)35-21(17)11-15/h4-7,11-12,14,19,23,29H,8-10,13H2,1-3H3. The normalized spacial score (nSPS) is 16.8. The molecule has 2 unspecified atom stereocenters. The molecule has 1 fully saturated rings. The van der Waals surface area contributed by atoms with Crippen molar-refractivity contribution in [1.82, 2.24) is 5.32 Å². The SMILES string of the molecule is COC(=O)C(CC(C)C)NC(c1ccc2c(c1)oc1ccc(N3CCOCC3=O)cc12)C(F)(F)F. The van der Waals surface area contributed by atoms with Crippen LogP contribution >= 0.6 is 0 Å². The molecule has 1 saturated heterocycles. The van der Waals surface area contributed by atoms with E-state index in [9.17, 15) is 22.8 Å². The van der Waals surface area contributed by atoms with Crippen LogP contribution < -0.4 is 10.2 Å². The van der Waals surface area contributed by atoms with Gasteiger partial charge in [0.2, 0.25) is 0 Å². The van der Waals surface area contributed by atoms with Gasteiger partial charge in [0.15, 0.2) is 0 Å². The van der Waals surface area contributed by atoms with Gasteiger partial charge >= 0.3 is 12.1 Å². The zero-order valence-electron chi connectivity index (χ0n) is 19.6. The van der Waals surface area contributed by atoms with Crippen molar-refractivity contribution in [3.63, 3.8) is 0 Å². The molecule has 1 aromatic heterocycles. The number of hydrogen-bond acceptors (Lipinski definition) is 6. The maximum atomic E-state index is 14.1. The van der Waals surface area contributed by atoms with Gasteiger partial charge < -0.3 is 18.8 Å². The number of furan rings is 1. The van der Waals surface area contributed by atoms with Gasteiger partial charge in [-0.3, -0.25) is 14.9 Å². The molecule has 0 aliphatic carbocycles. The van der Waals surface area contributed by atoms with Gasteiger partial charge in [-0.1, -0.05) is 26.0 Å². The van der Waals surface area contributed by atoms with Gasteiger partial charge in [-0.2, -0.15) is 13.2 Å². The van der Waals surface area contributed by atoms with Crippen molar-refractivity contribution >= 4 is 39.5 Å². The minimum atomic E-state index is -4.66. The first-order valence-corrected chi connectivity index (χ1v) is 11.3. The van der Waals surface area contributed by atoms with Crippen LogP contribution in [-0.2, 0) is 19.1 Å². The molecule has 2 aromatic carbocycles. The average Bonchev–Trinajstić information content (AvgIpc) is 3.17. The van der Waals surface area contributed by atoms with E-state index in [2.05, 4.69) is 5.32 Å². The van der Waals surface area contributed by atoms with Gasteiger partial charge in [0.25, 0.3) is 5.91 Å². The van der Waals surface area contributed by atoms with Crippen LogP contribution in [0.25, 0.3) is 21.9 Å². The lowest BCUT2D eigenvalue weighted by atomic mass is 9.99. The van der Waals surface area contributed by atoms with Crippen LogP contribution in [0.1, 0.15) is 31.9 Å². The highest BCUT2D eigenvalue weighted by Gasteiger charge is 2.43. The summed E-state index contributed by atoms with van der Waals surface area (Å²) in [6, 6.07) is 6.29. The first-order valence-electron chi connectivity index (χ1n) is 11.3. The summed E-state index contributed by atoms with van der Waals surface area (Å²) in [6.45, 7) is 4.48. The molecule has 188 valence electrons. The molecule has 10 heteroatoms. The Morgan fingerprint density at radius 3 is 2.57 bits per heavy atom. The van der Waals surface area contributed by atoms with E-state index in [4.69, 9.17) is 13.9 Å². The number of rotatable bonds is 7. The minimum absolute atomic E-state index is 0.00272. The molecule has 2 atom stereocenters. The number of ether oxygens (including phenoxy) is 2. The number of carbonyl (C=O) groups excluding carboxylic acids is 2. The molecular formula is C25H27F3N2O5. The summed E-state index contributed by atoms with van der Waals surface area (Å²) < 4.78 is 58.0. The number of carbonyl (C=O) groups is 2. The third kappa shape index (κ3) is 5.28. The molecule has 1 amide bonds. The van der Waals surface area contributed by atoms with Crippen molar-refractivity contribution in [3.05, 3.63) is 42.0 Å². The quantitative estimate of drug-likeness (QED) is 0.481. The number of fused-ring (bicyclic) bond motifs is 3. The average molecular weight is 492 g/mol. The number of esters is 1. The smallest absolute Gasteiger partial charge is 0.407 e. The number of nitrogens with one attached hydrogen (secondary N) is 1.